The van der Waals surface area contributed by atoms with Gasteiger partial charge < -0.3 is 14.4 Å². The quantitative estimate of drug-likeness (QED) is 0.682. The lowest BCUT2D eigenvalue weighted by molar-refractivity contribution is 0.00246. The first-order valence-corrected chi connectivity index (χ1v) is 6.76. The summed E-state index contributed by atoms with van der Waals surface area (Å²) < 4.78 is 21.8. The summed E-state index contributed by atoms with van der Waals surface area (Å²) in [6.45, 7) is 3.59. The Morgan fingerprint density at radius 3 is 2.86 bits per heavy atom. The van der Waals surface area contributed by atoms with Crippen LogP contribution >= 0.6 is 7.52 Å². The number of ether oxygens (including phenoxy) is 2. The molecule has 1 fully saturated rings. The van der Waals surface area contributed by atoms with Gasteiger partial charge in [-0.25, -0.2) is 5.09 Å². The molecule has 0 saturated carbocycles. The van der Waals surface area contributed by atoms with Crippen LogP contribution in [0.25, 0.3) is 0 Å². The molecule has 1 heterocycles. The molecule has 0 spiro atoms. The molecule has 0 radical (unpaired) electrons. The Morgan fingerprint density at radius 1 is 1.71 bits per heavy atom. The van der Waals surface area contributed by atoms with Crippen LogP contribution in [0.2, 0.25) is 0 Å². The molecule has 0 aromatic rings. The number of hydrogen-bond acceptors (Lipinski definition) is 3. The van der Waals surface area contributed by atoms with E-state index in [4.69, 9.17) is 14.4 Å². The first-order chi connectivity index (χ1) is 6.42. The third-order valence-electron chi connectivity index (χ3n) is 2.27. The number of nitrogens with one attached hydrogen (secondary N) is 1. The smallest absolute Gasteiger partial charge is 0.264 e. The van der Waals surface area contributed by atoms with Crippen molar-refractivity contribution in [2.75, 3.05) is 20.3 Å². The molecule has 1 unspecified atom stereocenters. The monoisotopic (exact) mass is 223 g/mol. The summed E-state index contributed by atoms with van der Waals surface area (Å²) >= 11 is 0. The summed E-state index contributed by atoms with van der Waals surface area (Å²) in [5.74, 6) is 0. The molecule has 4 atom stereocenters. The van der Waals surface area contributed by atoms with Crippen LogP contribution in [0.3, 0.4) is 0 Å². The van der Waals surface area contributed by atoms with Crippen LogP contribution in [0.5, 0.6) is 0 Å². The normalized spacial score (nSPS) is 37.0. The highest BCUT2D eigenvalue weighted by Crippen LogP contribution is 2.30. The van der Waals surface area contributed by atoms with Crippen molar-refractivity contribution in [3.8, 4) is 0 Å². The van der Waals surface area contributed by atoms with Gasteiger partial charge in [0.25, 0.3) is 7.52 Å². The molecule has 0 aliphatic carbocycles. The van der Waals surface area contributed by atoms with Crippen molar-refractivity contribution in [2.45, 2.75) is 31.7 Å². The first-order valence-electron chi connectivity index (χ1n) is 4.66. The van der Waals surface area contributed by atoms with E-state index in [1.54, 1.807) is 7.11 Å². The largest absolute Gasteiger partial charge is 0.379 e. The third-order valence-corrected chi connectivity index (χ3v) is 3.04. The summed E-state index contributed by atoms with van der Waals surface area (Å²) in [6, 6.07) is 0. The van der Waals surface area contributed by atoms with Gasteiger partial charge in [-0.05, 0) is 6.92 Å². The first kappa shape index (κ1) is 12.1. The van der Waals surface area contributed by atoms with Crippen molar-refractivity contribution in [1.29, 1.82) is 0 Å². The van der Waals surface area contributed by atoms with Gasteiger partial charge >= 0.3 is 0 Å². The van der Waals surface area contributed by atoms with E-state index in [1.165, 1.54) is 6.66 Å². The van der Waals surface area contributed by atoms with E-state index in [2.05, 4.69) is 5.09 Å². The molecule has 1 aliphatic heterocycles. The summed E-state index contributed by atoms with van der Waals surface area (Å²) in [5.41, 5.74) is 0. The second kappa shape index (κ2) is 4.73. The Kier molecular flexibility index (Phi) is 4.10. The van der Waals surface area contributed by atoms with Crippen LogP contribution in [-0.4, -0.2) is 43.5 Å². The predicted molar refractivity (Wildman–Crippen MR) is 53.5 cm³/mol. The number of methoxy groups -OCH3 is 1. The van der Waals surface area contributed by atoms with Crippen molar-refractivity contribution in [3.05, 3.63) is 0 Å². The Hall–Kier alpha value is 0.0700. The Bertz CT molecular complexity index is 229. The van der Waals surface area contributed by atoms with Crippen LogP contribution in [0.4, 0.5) is 0 Å². The summed E-state index contributed by atoms with van der Waals surface area (Å²) in [7, 11) is -1.53. The molecule has 0 amide bonds. The molecular formula is C8H18NO4P. The Morgan fingerprint density at radius 2 is 2.36 bits per heavy atom. The van der Waals surface area contributed by atoms with Gasteiger partial charge in [0.15, 0.2) is 0 Å². The van der Waals surface area contributed by atoms with E-state index in [-0.39, 0.29) is 18.3 Å². The number of rotatable bonds is 4. The fourth-order valence-corrected chi connectivity index (χ4v) is 2.13. The zero-order chi connectivity index (χ0) is 10.8. The zero-order valence-electron chi connectivity index (χ0n) is 8.77. The highest BCUT2D eigenvalue weighted by molar-refractivity contribution is 7.54. The Labute approximate surface area is 84.3 Å². The van der Waals surface area contributed by atoms with Crippen LogP contribution in [0.1, 0.15) is 13.3 Å². The fraction of sp³-hybridized carbons (Fsp3) is 1.00. The van der Waals surface area contributed by atoms with E-state index in [0.717, 1.165) is 6.42 Å². The molecule has 1 saturated heterocycles. The van der Waals surface area contributed by atoms with Crippen LogP contribution in [0, 0.1) is 0 Å². The van der Waals surface area contributed by atoms with E-state index < -0.39 is 7.52 Å². The molecule has 2 N–H and O–H groups in total. The van der Waals surface area contributed by atoms with Crippen molar-refractivity contribution in [3.63, 3.8) is 0 Å². The molecule has 1 aliphatic rings. The maximum Gasteiger partial charge on any atom is 0.264 e. The topological polar surface area (TPSA) is 67.8 Å². The average Bonchev–Trinajstić information content (AvgIpc) is 2.41. The highest BCUT2D eigenvalue weighted by Gasteiger charge is 2.33. The summed E-state index contributed by atoms with van der Waals surface area (Å²) in [6.07, 6.45) is 0.878. The maximum absolute atomic E-state index is 11.0. The second-order valence-corrected chi connectivity index (χ2v) is 5.81. The van der Waals surface area contributed by atoms with Crippen molar-refractivity contribution >= 4 is 7.52 Å². The van der Waals surface area contributed by atoms with Crippen LogP contribution < -0.4 is 5.09 Å². The summed E-state index contributed by atoms with van der Waals surface area (Å²) in [4.78, 5) is 9.05. The van der Waals surface area contributed by atoms with Gasteiger partial charge in [-0.2, -0.15) is 0 Å². The lowest BCUT2D eigenvalue weighted by Crippen LogP contribution is -2.33. The lowest BCUT2D eigenvalue weighted by Gasteiger charge is -2.18. The van der Waals surface area contributed by atoms with Gasteiger partial charge in [-0.15, -0.1) is 0 Å². The van der Waals surface area contributed by atoms with Gasteiger partial charge in [0.05, 0.1) is 18.3 Å². The standard InChI is InChI=1S/C8H18NO4P/c1-6-4-7(12-2)8(13-6)5-9-14(3,10)11/h6-8H,4-5H2,1-3H3,(H2,9,10,11)/t6-,7+,8+/m0/s1. The number of hydrogen-bond donors (Lipinski definition) is 2. The van der Waals surface area contributed by atoms with Crippen molar-refractivity contribution in [2.24, 2.45) is 0 Å². The third kappa shape index (κ3) is 3.67. The van der Waals surface area contributed by atoms with E-state index in [9.17, 15) is 4.57 Å². The van der Waals surface area contributed by atoms with E-state index in [1.807, 2.05) is 6.92 Å². The molecule has 5 nitrogen and oxygen atoms in total. The lowest BCUT2D eigenvalue weighted by atomic mass is 10.1. The summed E-state index contributed by atoms with van der Waals surface area (Å²) in [5, 5.41) is 2.55. The molecule has 14 heavy (non-hydrogen) atoms. The van der Waals surface area contributed by atoms with Gasteiger partial charge in [0.1, 0.15) is 0 Å². The van der Waals surface area contributed by atoms with Gasteiger partial charge in [-0.1, -0.05) is 0 Å². The average molecular weight is 223 g/mol. The zero-order valence-corrected chi connectivity index (χ0v) is 9.66. The van der Waals surface area contributed by atoms with Crippen molar-refractivity contribution in [1.82, 2.24) is 5.09 Å². The van der Waals surface area contributed by atoms with Gasteiger partial charge in [0.2, 0.25) is 0 Å². The van der Waals surface area contributed by atoms with Crippen LogP contribution in [-0.2, 0) is 14.0 Å². The molecule has 0 bridgehead atoms. The maximum atomic E-state index is 11.0. The molecule has 0 aromatic carbocycles. The molecule has 1 rings (SSSR count). The van der Waals surface area contributed by atoms with Crippen molar-refractivity contribution < 1.29 is 18.9 Å². The second-order valence-electron chi connectivity index (χ2n) is 3.74. The highest BCUT2D eigenvalue weighted by atomic mass is 31.2. The minimum absolute atomic E-state index is 0.0176. The van der Waals surface area contributed by atoms with E-state index in [0.29, 0.717) is 6.54 Å². The predicted octanol–water partition coefficient (Wildman–Crippen LogP) is 0.584. The van der Waals surface area contributed by atoms with Gasteiger partial charge in [-0.3, -0.25) is 4.57 Å². The van der Waals surface area contributed by atoms with E-state index >= 15 is 0 Å². The molecule has 0 aromatic heterocycles. The Balaban J connectivity index is 2.40. The minimum atomic E-state index is -3.16. The minimum Gasteiger partial charge on any atom is -0.379 e. The molecule has 84 valence electrons. The van der Waals surface area contributed by atoms with Crippen LogP contribution in [0.15, 0.2) is 0 Å². The van der Waals surface area contributed by atoms with Gasteiger partial charge in [0, 0.05) is 26.7 Å². The fourth-order valence-electron chi connectivity index (χ4n) is 1.61. The molecular weight excluding hydrogens is 205 g/mol. The molecule has 6 heteroatoms. The SMILES string of the molecule is CO[C@@H]1C[C@H](C)O[C@@H]1CNP(C)(=O)O.